The van der Waals surface area contributed by atoms with Crippen molar-refractivity contribution >= 4 is 17.6 Å². The molecule has 0 saturated heterocycles. The molecular weight excluding hydrogens is 442 g/mol. The molecule has 0 unspecified atom stereocenters. The van der Waals surface area contributed by atoms with Gasteiger partial charge in [-0.3, -0.25) is 0 Å². The fourth-order valence-electron chi connectivity index (χ4n) is 2.73. The molecule has 0 saturated carbocycles. The summed E-state index contributed by atoms with van der Waals surface area (Å²) in [4.78, 5) is 16.4. The lowest BCUT2D eigenvalue weighted by Gasteiger charge is -2.10. The summed E-state index contributed by atoms with van der Waals surface area (Å²) in [6.45, 7) is -3.29. The Kier molecular flexibility index (Phi) is 5.76. The van der Waals surface area contributed by atoms with E-state index in [4.69, 9.17) is 35.1 Å². The Bertz CT molecular complexity index is 1120. The number of methoxy groups -OCH3 is 1. The van der Waals surface area contributed by atoms with E-state index in [1.165, 1.54) is 37.4 Å². The van der Waals surface area contributed by atoms with Gasteiger partial charge in [0.25, 0.3) is 5.89 Å². The molecule has 2 aromatic carbocycles. The zero-order chi connectivity index (χ0) is 22.0. The van der Waals surface area contributed by atoms with Crippen LogP contribution < -0.4 is 18.9 Å². The van der Waals surface area contributed by atoms with Crippen LogP contribution in [0.2, 0.25) is 5.02 Å². The van der Waals surface area contributed by atoms with Gasteiger partial charge in [0.2, 0.25) is 12.6 Å². The minimum atomic E-state index is -2.99. The van der Waals surface area contributed by atoms with Crippen LogP contribution in [0.5, 0.6) is 23.0 Å². The molecule has 1 aliphatic heterocycles. The number of carbonyl (C=O) groups is 1. The van der Waals surface area contributed by atoms with Crippen molar-refractivity contribution in [2.45, 2.75) is 13.2 Å². The molecule has 1 aliphatic rings. The second kappa shape index (κ2) is 8.64. The number of fused-ring (bicyclic) bond motifs is 1. The first-order chi connectivity index (χ1) is 14.9. The predicted molar refractivity (Wildman–Crippen MR) is 99.6 cm³/mol. The van der Waals surface area contributed by atoms with E-state index in [2.05, 4.69) is 14.9 Å². The molecule has 9 nitrogen and oxygen atoms in total. The number of hydrogen-bond acceptors (Lipinski definition) is 9. The van der Waals surface area contributed by atoms with Gasteiger partial charge in [-0.25, -0.2) is 4.79 Å². The largest absolute Gasteiger partial charge is 0.493 e. The van der Waals surface area contributed by atoms with Gasteiger partial charge in [-0.2, -0.15) is 13.8 Å². The zero-order valence-electron chi connectivity index (χ0n) is 15.8. The average Bonchev–Trinajstić information content (AvgIpc) is 3.41. The molecule has 0 bridgehead atoms. The summed E-state index contributed by atoms with van der Waals surface area (Å²) in [6, 6.07) is 7.00. The van der Waals surface area contributed by atoms with Crippen molar-refractivity contribution in [2.24, 2.45) is 0 Å². The Morgan fingerprint density at radius 3 is 2.84 bits per heavy atom. The first kappa shape index (κ1) is 20.7. The number of benzene rings is 2. The molecule has 0 fully saturated rings. The van der Waals surface area contributed by atoms with Crippen LogP contribution in [-0.4, -0.2) is 36.6 Å². The maximum Gasteiger partial charge on any atom is 0.387 e. The van der Waals surface area contributed by atoms with Crippen LogP contribution in [0.3, 0.4) is 0 Å². The summed E-state index contributed by atoms with van der Waals surface area (Å²) in [5.74, 6) is 0.0979. The number of rotatable bonds is 7. The molecule has 0 amide bonds. The van der Waals surface area contributed by atoms with E-state index in [0.29, 0.717) is 17.1 Å². The van der Waals surface area contributed by atoms with Crippen LogP contribution in [-0.2, 0) is 11.3 Å². The number of carbonyl (C=O) groups excluding carboxylic acids is 1. The Balaban J connectivity index is 1.44. The number of alkyl halides is 2. The molecular formula is C19H13ClF2N2O7. The Labute approximate surface area is 178 Å². The van der Waals surface area contributed by atoms with Gasteiger partial charge in [0.15, 0.2) is 29.6 Å². The summed E-state index contributed by atoms with van der Waals surface area (Å²) in [5, 5.41) is 4.00. The van der Waals surface area contributed by atoms with Crippen molar-refractivity contribution in [1.29, 1.82) is 0 Å². The maximum atomic E-state index is 12.4. The van der Waals surface area contributed by atoms with Crippen LogP contribution in [0.4, 0.5) is 8.78 Å². The monoisotopic (exact) mass is 454 g/mol. The Morgan fingerprint density at radius 2 is 2.06 bits per heavy atom. The van der Waals surface area contributed by atoms with Gasteiger partial charge in [0.1, 0.15) is 0 Å². The highest BCUT2D eigenvalue weighted by Gasteiger charge is 2.22. The van der Waals surface area contributed by atoms with Crippen molar-refractivity contribution in [3.8, 4) is 34.4 Å². The average molecular weight is 455 g/mol. The predicted octanol–water partition coefficient (Wildman–Crippen LogP) is 4.09. The smallest absolute Gasteiger partial charge is 0.387 e. The molecule has 162 valence electrons. The van der Waals surface area contributed by atoms with E-state index in [-0.39, 0.29) is 47.2 Å². The van der Waals surface area contributed by atoms with Crippen molar-refractivity contribution in [3.63, 3.8) is 0 Å². The lowest BCUT2D eigenvalue weighted by atomic mass is 10.2. The first-order valence-electron chi connectivity index (χ1n) is 8.66. The van der Waals surface area contributed by atoms with Crippen molar-refractivity contribution < 1.29 is 41.8 Å². The van der Waals surface area contributed by atoms with E-state index in [9.17, 15) is 13.6 Å². The lowest BCUT2D eigenvalue weighted by Crippen LogP contribution is -2.05. The van der Waals surface area contributed by atoms with Crippen LogP contribution in [0.1, 0.15) is 16.2 Å². The number of hydrogen-bond donors (Lipinski definition) is 0. The van der Waals surface area contributed by atoms with Gasteiger partial charge < -0.3 is 28.2 Å². The minimum absolute atomic E-state index is 0.0122. The van der Waals surface area contributed by atoms with Crippen molar-refractivity contribution in [2.75, 3.05) is 13.9 Å². The third-order valence-electron chi connectivity index (χ3n) is 4.10. The highest BCUT2D eigenvalue weighted by Crippen LogP contribution is 2.40. The van der Waals surface area contributed by atoms with Gasteiger partial charge in [-0.1, -0.05) is 16.8 Å². The Hall–Kier alpha value is -3.60. The van der Waals surface area contributed by atoms with Crippen LogP contribution in [0, 0.1) is 0 Å². The summed E-state index contributed by atoms with van der Waals surface area (Å²) in [6.07, 6.45) is 0. The fraction of sp³-hybridized carbons (Fsp3) is 0.211. The van der Waals surface area contributed by atoms with Crippen LogP contribution in [0.25, 0.3) is 11.4 Å². The molecule has 1 aromatic heterocycles. The standard InChI is InChI=1S/C19H13ClF2N2O7/c1-26-13-5-9(2-3-12(13)30-19(21)22)17-23-15(31-24-17)7-27-18(25)10-4-11(20)16-14(6-10)28-8-29-16/h2-6,19H,7-8H2,1H3. The summed E-state index contributed by atoms with van der Waals surface area (Å²) < 4.78 is 54.9. The highest BCUT2D eigenvalue weighted by atomic mass is 35.5. The van der Waals surface area contributed by atoms with Gasteiger partial charge in [0.05, 0.1) is 17.7 Å². The fourth-order valence-corrected chi connectivity index (χ4v) is 2.99. The van der Waals surface area contributed by atoms with Crippen LogP contribution >= 0.6 is 11.6 Å². The third kappa shape index (κ3) is 4.45. The number of nitrogens with zero attached hydrogens (tertiary/aromatic N) is 2. The first-order valence-corrected chi connectivity index (χ1v) is 9.04. The summed E-state index contributed by atoms with van der Waals surface area (Å²) >= 11 is 6.06. The van der Waals surface area contributed by atoms with E-state index >= 15 is 0 Å². The van der Waals surface area contributed by atoms with Gasteiger partial charge >= 0.3 is 12.6 Å². The zero-order valence-corrected chi connectivity index (χ0v) is 16.5. The molecule has 0 radical (unpaired) electrons. The quantitative estimate of drug-likeness (QED) is 0.488. The van der Waals surface area contributed by atoms with E-state index in [1.54, 1.807) is 0 Å². The second-order valence-electron chi connectivity index (χ2n) is 6.02. The van der Waals surface area contributed by atoms with Gasteiger partial charge in [0, 0.05) is 5.56 Å². The van der Waals surface area contributed by atoms with Crippen LogP contribution in [0.15, 0.2) is 34.9 Å². The lowest BCUT2D eigenvalue weighted by molar-refractivity contribution is -0.0512. The summed E-state index contributed by atoms with van der Waals surface area (Å²) in [7, 11) is 1.31. The normalized spacial score (nSPS) is 12.2. The maximum absolute atomic E-state index is 12.4. The summed E-state index contributed by atoms with van der Waals surface area (Å²) in [5.41, 5.74) is 0.579. The molecule has 0 atom stereocenters. The van der Waals surface area contributed by atoms with Crippen molar-refractivity contribution in [3.05, 3.63) is 46.8 Å². The van der Waals surface area contributed by atoms with E-state index in [0.717, 1.165) is 0 Å². The molecule has 31 heavy (non-hydrogen) atoms. The number of halogens is 3. The molecule has 0 aliphatic carbocycles. The third-order valence-corrected chi connectivity index (χ3v) is 4.38. The molecule has 2 heterocycles. The van der Waals surface area contributed by atoms with Gasteiger partial charge in [-0.05, 0) is 30.3 Å². The molecule has 0 spiro atoms. The number of ether oxygens (including phenoxy) is 5. The SMILES string of the molecule is COc1cc(-c2noc(COC(=O)c3cc(Cl)c4c(c3)OCO4)n2)ccc1OC(F)F. The van der Waals surface area contributed by atoms with Crippen molar-refractivity contribution in [1.82, 2.24) is 10.1 Å². The number of esters is 1. The molecule has 4 rings (SSSR count). The molecule has 0 N–H and O–H groups in total. The van der Waals surface area contributed by atoms with Gasteiger partial charge in [-0.15, -0.1) is 0 Å². The topological polar surface area (TPSA) is 102 Å². The second-order valence-corrected chi connectivity index (χ2v) is 6.43. The molecule has 3 aromatic rings. The van der Waals surface area contributed by atoms with E-state index < -0.39 is 12.6 Å². The van der Waals surface area contributed by atoms with E-state index in [1.807, 2.05) is 0 Å². The number of aromatic nitrogens is 2. The Morgan fingerprint density at radius 1 is 1.23 bits per heavy atom. The molecule has 12 heteroatoms. The minimum Gasteiger partial charge on any atom is -0.493 e. The highest BCUT2D eigenvalue weighted by molar-refractivity contribution is 6.32.